The van der Waals surface area contributed by atoms with Crippen LogP contribution in [0, 0.1) is 5.92 Å². The molecule has 1 spiro atoms. The smallest absolute Gasteiger partial charge is 0.308 e. The van der Waals surface area contributed by atoms with Gasteiger partial charge in [0, 0.05) is 12.1 Å². The zero-order valence-electron chi connectivity index (χ0n) is 8.14. The quantitative estimate of drug-likeness (QED) is 0.515. The zero-order chi connectivity index (χ0) is 9.31. The molecule has 1 saturated heterocycles. The van der Waals surface area contributed by atoms with Gasteiger partial charge in [-0.3, -0.25) is 4.79 Å². The number of carbonyl (C=O) groups excluding carboxylic acids is 1. The average Bonchev–Trinajstić information content (AvgIpc) is 2.85. The second-order valence-electron chi connectivity index (χ2n) is 4.18. The van der Waals surface area contributed by atoms with Gasteiger partial charge in [-0.15, -0.1) is 0 Å². The second kappa shape index (κ2) is 3.29. The molecule has 0 aromatic rings. The topological polar surface area (TPSA) is 48.2 Å². The van der Waals surface area contributed by atoms with Gasteiger partial charge in [0.05, 0.1) is 12.5 Å². The molecule has 3 heteroatoms. The maximum absolute atomic E-state index is 11.5. The van der Waals surface area contributed by atoms with Crippen LogP contribution >= 0.6 is 0 Å². The van der Waals surface area contributed by atoms with Crippen molar-refractivity contribution in [3.63, 3.8) is 0 Å². The van der Waals surface area contributed by atoms with Crippen LogP contribution in [0.25, 0.3) is 0 Å². The number of hydrogen-bond donors (Lipinski definition) is 1. The van der Waals surface area contributed by atoms with Crippen molar-refractivity contribution in [3.05, 3.63) is 0 Å². The molecule has 1 aliphatic heterocycles. The Bertz CT molecular complexity index is 211. The lowest BCUT2D eigenvalue weighted by atomic mass is 9.81. The van der Waals surface area contributed by atoms with Gasteiger partial charge in [0.2, 0.25) is 0 Å². The summed E-state index contributed by atoms with van der Waals surface area (Å²) in [5.41, 5.74) is 0.329. The molecule has 0 radical (unpaired) electrons. The van der Waals surface area contributed by atoms with Crippen molar-refractivity contribution in [3.8, 4) is 0 Å². The van der Waals surface area contributed by atoms with E-state index in [0.717, 1.165) is 25.8 Å². The third-order valence-corrected chi connectivity index (χ3v) is 3.14. The maximum atomic E-state index is 11.5. The summed E-state index contributed by atoms with van der Waals surface area (Å²) in [6.07, 6.45) is 4.41. The first-order valence-corrected chi connectivity index (χ1v) is 5.17. The van der Waals surface area contributed by atoms with Crippen molar-refractivity contribution in [2.24, 2.45) is 5.92 Å². The molecule has 1 heterocycles. The van der Waals surface area contributed by atoms with Gasteiger partial charge in [0.15, 0.2) is 0 Å². The summed E-state index contributed by atoms with van der Waals surface area (Å²) in [7, 11) is 0. The molecule has 2 rings (SSSR count). The summed E-state index contributed by atoms with van der Waals surface area (Å²) < 4.78 is 5.04. The van der Waals surface area contributed by atoms with Crippen molar-refractivity contribution >= 4 is 5.97 Å². The van der Waals surface area contributed by atoms with Gasteiger partial charge in [0.25, 0.3) is 0 Å². The van der Waals surface area contributed by atoms with Crippen LogP contribution in [-0.2, 0) is 9.53 Å². The number of hydrogen-bond acceptors (Lipinski definition) is 3. The Hall–Kier alpha value is -0.570. The Morgan fingerprint density at radius 3 is 3.08 bits per heavy atom. The van der Waals surface area contributed by atoms with Crippen LogP contribution < -0.4 is 5.32 Å². The molecule has 1 aliphatic carbocycles. The van der Waals surface area contributed by atoms with Crippen molar-refractivity contribution < 1.29 is 9.53 Å². The van der Waals surface area contributed by atoms with Gasteiger partial charge < -0.3 is 10.1 Å². The van der Waals surface area contributed by atoms with Gasteiger partial charge in [0.1, 0.15) is 0 Å². The van der Waals surface area contributed by atoms with Gasteiger partial charge in [-0.2, -0.15) is 0 Å². The fourth-order valence-electron chi connectivity index (χ4n) is 2.27. The van der Waals surface area contributed by atoms with Crippen LogP contribution in [0.15, 0.2) is 0 Å². The van der Waals surface area contributed by atoms with E-state index in [2.05, 4.69) is 5.32 Å². The molecule has 3 nitrogen and oxygen atoms in total. The van der Waals surface area contributed by atoms with Gasteiger partial charge in [-0.25, -0.2) is 0 Å². The van der Waals surface area contributed by atoms with E-state index < -0.39 is 0 Å². The molecule has 2 aliphatic rings. The number of nitrogens with one attached hydrogen (secondary N) is 1. The molecular weight excluding hydrogens is 166 g/mol. The zero-order valence-corrected chi connectivity index (χ0v) is 8.14. The van der Waals surface area contributed by atoms with E-state index in [1.54, 1.807) is 0 Å². The van der Waals surface area contributed by atoms with Gasteiger partial charge in [-0.05, 0) is 26.2 Å². The fraction of sp³-hybridized carbons (Fsp3) is 0.900. The number of ether oxygens (including phenoxy) is 1. The maximum Gasteiger partial charge on any atom is 0.308 e. The average molecular weight is 183 g/mol. The lowest BCUT2D eigenvalue weighted by molar-refractivity contribution is -0.149. The Balaban J connectivity index is 1.88. The van der Waals surface area contributed by atoms with Gasteiger partial charge in [-0.1, -0.05) is 6.42 Å². The summed E-state index contributed by atoms with van der Waals surface area (Å²) >= 11 is 0. The summed E-state index contributed by atoms with van der Waals surface area (Å²) in [6, 6.07) is 0. The van der Waals surface area contributed by atoms with E-state index >= 15 is 0 Å². The highest BCUT2D eigenvalue weighted by atomic mass is 16.5. The standard InChI is InChI=1S/C10H17NO2/c1-2-13-9(12)8-4-3-5-10(6-8)7-11-10/h8,11H,2-7H2,1H3. The summed E-state index contributed by atoms with van der Waals surface area (Å²) in [5, 5.41) is 3.37. The van der Waals surface area contributed by atoms with E-state index in [1.165, 1.54) is 6.42 Å². The SMILES string of the molecule is CCOC(=O)C1CCCC2(CN2)C1. The largest absolute Gasteiger partial charge is 0.466 e. The van der Waals surface area contributed by atoms with Crippen molar-refractivity contribution in [1.29, 1.82) is 0 Å². The molecule has 74 valence electrons. The Morgan fingerprint density at radius 1 is 1.69 bits per heavy atom. The summed E-state index contributed by atoms with van der Waals surface area (Å²) in [6.45, 7) is 3.48. The van der Waals surface area contributed by atoms with Gasteiger partial charge >= 0.3 is 5.97 Å². The minimum atomic E-state index is 0.00951. The highest BCUT2D eigenvalue weighted by Gasteiger charge is 2.47. The number of carbonyl (C=O) groups is 1. The van der Waals surface area contributed by atoms with Crippen molar-refractivity contribution in [1.82, 2.24) is 5.32 Å². The predicted molar refractivity (Wildman–Crippen MR) is 49.3 cm³/mol. The minimum absolute atomic E-state index is 0.00951. The van der Waals surface area contributed by atoms with E-state index in [0.29, 0.717) is 12.1 Å². The molecule has 0 aromatic carbocycles. The van der Waals surface area contributed by atoms with Crippen LogP contribution in [0.3, 0.4) is 0 Å². The predicted octanol–water partition coefficient (Wildman–Crippen LogP) is 1.08. The molecule has 13 heavy (non-hydrogen) atoms. The Kier molecular flexibility index (Phi) is 2.28. The molecule has 1 saturated carbocycles. The molecule has 1 N–H and O–H groups in total. The minimum Gasteiger partial charge on any atom is -0.466 e. The van der Waals surface area contributed by atoms with Crippen LogP contribution in [0.5, 0.6) is 0 Å². The molecular formula is C10H17NO2. The van der Waals surface area contributed by atoms with Crippen molar-refractivity contribution in [2.45, 2.75) is 38.1 Å². The normalized spacial score (nSPS) is 37.5. The van der Waals surface area contributed by atoms with Crippen LogP contribution in [-0.4, -0.2) is 24.7 Å². The molecule has 2 atom stereocenters. The first-order chi connectivity index (χ1) is 6.26. The lowest BCUT2D eigenvalue weighted by Gasteiger charge is -2.26. The van der Waals surface area contributed by atoms with E-state index in [4.69, 9.17) is 4.74 Å². The molecule has 0 aromatic heterocycles. The van der Waals surface area contributed by atoms with E-state index in [-0.39, 0.29) is 11.9 Å². The van der Waals surface area contributed by atoms with Crippen LogP contribution in [0.2, 0.25) is 0 Å². The highest BCUT2D eigenvalue weighted by molar-refractivity contribution is 5.72. The molecule has 0 amide bonds. The number of rotatable bonds is 2. The first kappa shape index (κ1) is 9.00. The molecule has 2 fully saturated rings. The van der Waals surface area contributed by atoms with Crippen LogP contribution in [0.4, 0.5) is 0 Å². The Morgan fingerprint density at radius 2 is 2.46 bits per heavy atom. The van der Waals surface area contributed by atoms with E-state index in [9.17, 15) is 4.79 Å². The molecule has 2 unspecified atom stereocenters. The lowest BCUT2D eigenvalue weighted by Crippen LogP contribution is -2.31. The van der Waals surface area contributed by atoms with Crippen molar-refractivity contribution in [2.75, 3.05) is 13.2 Å². The van der Waals surface area contributed by atoms with Crippen LogP contribution in [0.1, 0.15) is 32.6 Å². The summed E-state index contributed by atoms with van der Waals surface area (Å²) in [4.78, 5) is 11.5. The highest BCUT2D eigenvalue weighted by Crippen LogP contribution is 2.38. The third kappa shape index (κ3) is 1.85. The monoisotopic (exact) mass is 183 g/mol. The number of esters is 1. The second-order valence-corrected chi connectivity index (χ2v) is 4.18. The first-order valence-electron chi connectivity index (χ1n) is 5.17. The third-order valence-electron chi connectivity index (χ3n) is 3.14. The Labute approximate surface area is 78.8 Å². The summed E-state index contributed by atoms with van der Waals surface area (Å²) in [5.74, 6) is 0.166. The molecule has 0 bridgehead atoms. The fourth-order valence-corrected chi connectivity index (χ4v) is 2.27. The van der Waals surface area contributed by atoms with E-state index in [1.807, 2.05) is 6.92 Å².